The van der Waals surface area contributed by atoms with Gasteiger partial charge in [0.2, 0.25) is 11.9 Å². The van der Waals surface area contributed by atoms with Gasteiger partial charge in [-0.15, -0.1) is 0 Å². The molecule has 2 aliphatic carbocycles. The van der Waals surface area contributed by atoms with E-state index in [-0.39, 0.29) is 5.95 Å². The third-order valence-electron chi connectivity index (χ3n) is 4.39. The van der Waals surface area contributed by atoms with E-state index in [2.05, 4.69) is 26.8 Å². The molecule has 154 valence electrons. The number of allylic oxidation sites excluding steroid dienone is 2. The van der Waals surface area contributed by atoms with Crippen molar-refractivity contribution in [2.45, 2.75) is 43.9 Å². The van der Waals surface area contributed by atoms with Crippen LogP contribution in [0.15, 0.2) is 18.1 Å². The molecule has 12 heteroatoms. The molecule has 6 nitrogen and oxygen atoms in total. The highest BCUT2D eigenvalue weighted by Crippen LogP contribution is 2.41. The van der Waals surface area contributed by atoms with E-state index in [1.165, 1.54) is 0 Å². The molecule has 0 bridgehead atoms. The Bertz CT molecular complexity index is 805. The normalized spacial score (nSPS) is 22.2. The van der Waals surface area contributed by atoms with E-state index in [1.807, 2.05) is 5.32 Å². The number of rotatable bonds is 6. The lowest BCUT2D eigenvalue weighted by molar-refractivity contribution is -0.107. The van der Waals surface area contributed by atoms with E-state index in [1.54, 1.807) is 0 Å². The quantitative estimate of drug-likeness (QED) is 0.623. The highest BCUT2D eigenvalue weighted by atomic mass is 19.4. The van der Waals surface area contributed by atoms with Gasteiger partial charge >= 0.3 is 6.18 Å². The van der Waals surface area contributed by atoms with Gasteiger partial charge in [-0.3, -0.25) is 0 Å². The van der Waals surface area contributed by atoms with Gasteiger partial charge in [-0.25, -0.2) is 13.2 Å². The zero-order valence-corrected chi connectivity index (χ0v) is 14.5. The number of aromatic nitrogens is 3. The number of aliphatic hydroxyl groups excluding tert-OH is 1. The summed E-state index contributed by atoms with van der Waals surface area (Å²) in [6.07, 6.45) is -6.85. The number of alkyl halides is 5. The van der Waals surface area contributed by atoms with Gasteiger partial charge in [0.15, 0.2) is 11.9 Å². The van der Waals surface area contributed by atoms with Crippen LogP contribution in [0, 0.1) is 5.92 Å². The summed E-state index contributed by atoms with van der Waals surface area (Å²) in [6.45, 7) is 3.29. The fourth-order valence-electron chi connectivity index (χ4n) is 2.53. The predicted octanol–water partition coefficient (Wildman–Crippen LogP) is 3.65. The Morgan fingerprint density at radius 1 is 1.18 bits per heavy atom. The van der Waals surface area contributed by atoms with Crippen LogP contribution in [0.25, 0.3) is 5.57 Å². The number of nitrogens with one attached hydrogen (secondary N) is 2. The van der Waals surface area contributed by atoms with Crippen LogP contribution in [0.4, 0.5) is 38.2 Å². The summed E-state index contributed by atoms with van der Waals surface area (Å²) in [5, 5.41) is 14.1. The van der Waals surface area contributed by atoms with Gasteiger partial charge in [0.25, 0.3) is 5.92 Å². The number of halogens is 6. The summed E-state index contributed by atoms with van der Waals surface area (Å²) in [7, 11) is 0. The van der Waals surface area contributed by atoms with Crippen molar-refractivity contribution < 1.29 is 31.4 Å². The van der Waals surface area contributed by atoms with Crippen molar-refractivity contribution in [1.82, 2.24) is 15.0 Å². The molecule has 0 aliphatic heterocycles. The van der Waals surface area contributed by atoms with Gasteiger partial charge in [0, 0.05) is 18.5 Å². The van der Waals surface area contributed by atoms with Crippen LogP contribution < -0.4 is 10.6 Å². The van der Waals surface area contributed by atoms with Crippen LogP contribution in [0.2, 0.25) is 0 Å². The second-order valence-electron chi connectivity index (χ2n) is 6.72. The van der Waals surface area contributed by atoms with Crippen molar-refractivity contribution in [3.63, 3.8) is 0 Å². The maximum atomic E-state index is 14.3. The molecule has 1 atom stereocenters. The van der Waals surface area contributed by atoms with Crippen molar-refractivity contribution in [3.05, 3.63) is 23.9 Å². The molecule has 1 fully saturated rings. The largest absolute Gasteiger partial charge is 0.430 e. The maximum Gasteiger partial charge on any atom is 0.430 e. The van der Waals surface area contributed by atoms with E-state index in [4.69, 9.17) is 0 Å². The molecule has 3 rings (SSSR count). The first-order valence-corrected chi connectivity index (χ1v) is 8.45. The van der Waals surface area contributed by atoms with E-state index in [0.29, 0.717) is 12.5 Å². The van der Waals surface area contributed by atoms with Crippen LogP contribution >= 0.6 is 0 Å². The zero-order chi connectivity index (χ0) is 20.7. The first-order chi connectivity index (χ1) is 13.0. The average molecular weight is 409 g/mol. The van der Waals surface area contributed by atoms with Crippen molar-refractivity contribution >= 4 is 17.5 Å². The second kappa shape index (κ2) is 7.22. The Balaban J connectivity index is 1.94. The van der Waals surface area contributed by atoms with E-state index in [0.717, 1.165) is 12.8 Å². The zero-order valence-electron chi connectivity index (χ0n) is 14.5. The van der Waals surface area contributed by atoms with Crippen LogP contribution in [0.5, 0.6) is 0 Å². The fourth-order valence-corrected chi connectivity index (χ4v) is 2.53. The van der Waals surface area contributed by atoms with Crippen LogP contribution in [-0.4, -0.2) is 44.8 Å². The smallest absolute Gasteiger partial charge is 0.380 e. The lowest BCUT2D eigenvalue weighted by Crippen LogP contribution is -2.37. The van der Waals surface area contributed by atoms with E-state index in [9.17, 15) is 31.4 Å². The summed E-state index contributed by atoms with van der Waals surface area (Å²) in [5.41, 5.74) is -1.77. The molecule has 0 spiro atoms. The highest BCUT2D eigenvalue weighted by molar-refractivity contribution is 5.66. The van der Waals surface area contributed by atoms with E-state index >= 15 is 0 Å². The first-order valence-electron chi connectivity index (χ1n) is 8.45. The van der Waals surface area contributed by atoms with E-state index < -0.39 is 59.9 Å². The molecule has 1 aromatic rings. The molecule has 0 aromatic carbocycles. The summed E-state index contributed by atoms with van der Waals surface area (Å²) in [4.78, 5) is 11.4. The Morgan fingerprint density at radius 2 is 1.82 bits per heavy atom. The summed E-state index contributed by atoms with van der Waals surface area (Å²) < 4.78 is 79.4. The maximum absolute atomic E-state index is 14.3. The molecule has 1 unspecified atom stereocenters. The fraction of sp³-hybridized carbons (Fsp3) is 0.562. The molecule has 0 amide bonds. The van der Waals surface area contributed by atoms with Gasteiger partial charge in [-0.1, -0.05) is 6.58 Å². The summed E-state index contributed by atoms with van der Waals surface area (Å²) in [5.74, 6) is -5.94. The molecule has 28 heavy (non-hydrogen) atoms. The second-order valence-corrected chi connectivity index (χ2v) is 6.72. The van der Waals surface area contributed by atoms with Gasteiger partial charge in [-0.05, 0) is 25.2 Å². The average Bonchev–Trinajstić information content (AvgIpc) is 3.41. The standard InChI is InChI=1S/C16H17F6N5O/c1-7(16(20,21)22)24-14-26-12(25-13(27-14)23-6-8-2-3-8)9-4-5-15(18,19)11(28)10(9)17/h8,11,28H,1-6H2,(H2,23,24,25,26,27). The molecular weight excluding hydrogens is 392 g/mol. The molecule has 2 aliphatic rings. The molecule has 0 radical (unpaired) electrons. The van der Waals surface area contributed by atoms with Gasteiger partial charge in [0.05, 0.1) is 0 Å². The highest BCUT2D eigenvalue weighted by Gasteiger charge is 2.46. The van der Waals surface area contributed by atoms with Crippen molar-refractivity contribution in [2.75, 3.05) is 17.2 Å². The number of anilines is 2. The van der Waals surface area contributed by atoms with Gasteiger partial charge < -0.3 is 15.7 Å². The van der Waals surface area contributed by atoms with Crippen molar-refractivity contribution in [1.29, 1.82) is 0 Å². The number of hydrogen-bond acceptors (Lipinski definition) is 6. The molecule has 0 saturated heterocycles. The molecule has 1 aromatic heterocycles. The van der Waals surface area contributed by atoms with Crippen LogP contribution in [0.3, 0.4) is 0 Å². The van der Waals surface area contributed by atoms with Crippen molar-refractivity contribution in [2.24, 2.45) is 5.92 Å². The molecule has 1 heterocycles. The third-order valence-corrected chi connectivity index (χ3v) is 4.39. The Morgan fingerprint density at radius 3 is 2.43 bits per heavy atom. The monoisotopic (exact) mass is 409 g/mol. The minimum Gasteiger partial charge on any atom is -0.380 e. The SMILES string of the molecule is C=C(Nc1nc(NCC2CC2)nc(C2=C(F)C(O)C(F)(F)CC2)n1)C(F)(F)F. The molecule has 3 N–H and O–H groups in total. The summed E-state index contributed by atoms with van der Waals surface area (Å²) in [6, 6.07) is 0. The minimum absolute atomic E-state index is 0.138. The number of aliphatic hydroxyl groups is 1. The van der Waals surface area contributed by atoms with Crippen LogP contribution in [-0.2, 0) is 0 Å². The predicted molar refractivity (Wildman–Crippen MR) is 88.1 cm³/mol. The van der Waals surface area contributed by atoms with Crippen LogP contribution in [0.1, 0.15) is 31.5 Å². The lowest BCUT2D eigenvalue weighted by atomic mass is 9.92. The van der Waals surface area contributed by atoms with Crippen molar-refractivity contribution in [3.8, 4) is 0 Å². The Hall–Kier alpha value is -2.37. The third kappa shape index (κ3) is 4.54. The Kier molecular flexibility index (Phi) is 5.26. The molecular formula is C16H17F6N5O. The van der Waals surface area contributed by atoms with Gasteiger partial charge in [0.1, 0.15) is 11.5 Å². The minimum atomic E-state index is -4.78. The lowest BCUT2D eigenvalue weighted by Gasteiger charge is -2.27. The molecule has 1 saturated carbocycles. The first kappa shape index (κ1) is 20.4. The number of nitrogens with zero attached hydrogens (tertiary/aromatic N) is 3. The Labute approximate surface area is 155 Å². The number of hydrogen-bond donors (Lipinski definition) is 3. The van der Waals surface area contributed by atoms with Gasteiger partial charge in [-0.2, -0.15) is 28.1 Å². The summed E-state index contributed by atoms with van der Waals surface area (Å²) >= 11 is 0. The topological polar surface area (TPSA) is 83.0 Å².